The molecule has 1 rings (SSSR count). The lowest BCUT2D eigenvalue weighted by Gasteiger charge is -2.39. The van der Waals surface area contributed by atoms with E-state index >= 15 is 0 Å². The highest BCUT2D eigenvalue weighted by molar-refractivity contribution is 4.78. The van der Waals surface area contributed by atoms with Crippen LogP contribution in [0.4, 0.5) is 0 Å². The molecule has 1 heterocycles. The monoisotopic (exact) mass is 183 g/mol. The van der Waals surface area contributed by atoms with Gasteiger partial charge in [-0.25, -0.2) is 0 Å². The fraction of sp³-hybridized carbons (Fsp3) is 1.00. The quantitative estimate of drug-likeness (QED) is 0.649. The second kappa shape index (κ2) is 4.99. The van der Waals surface area contributed by atoms with Crippen LogP contribution in [0, 0.1) is 11.8 Å². The highest BCUT2D eigenvalue weighted by Crippen LogP contribution is 2.22. The van der Waals surface area contributed by atoms with Crippen molar-refractivity contribution >= 4 is 0 Å². The number of nitrogens with zero attached hydrogens (tertiary/aromatic N) is 1. The van der Waals surface area contributed by atoms with Gasteiger partial charge in [-0.3, -0.25) is 4.90 Å². The van der Waals surface area contributed by atoms with E-state index in [0.717, 1.165) is 17.9 Å². The molecule has 0 amide bonds. The van der Waals surface area contributed by atoms with Crippen LogP contribution in [0.1, 0.15) is 47.0 Å². The summed E-state index contributed by atoms with van der Waals surface area (Å²) in [5.74, 6) is 1.73. The molecule has 1 heteroatoms. The van der Waals surface area contributed by atoms with Gasteiger partial charge in [0.05, 0.1) is 0 Å². The third-order valence-electron chi connectivity index (χ3n) is 3.35. The van der Waals surface area contributed by atoms with Gasteiger partial charge in [0.15, 0.2) is 0 Å². The van der Waals surface area contributed by atoms with E-state index in [-0.39, 0.29) is 0 Å². The SMILES string of the molecule is CCC(C(C)C)N1CCCC(C)C1. The second-order valence-corrected chi connectivity index (χ2v) is 4.96. The number of hydrogen-bond donors (Lipinski definition) is 0. The average Bonchev–Trinajstić information content (AvgIpc) is 2.04. The molecule has 13 heavy (non-hydrogen) atoms. The Kier molecular flexibility index (Phi) is 4.24. The van der Waals surface area contributed by atoms with Gasteiger partial charge in [-0.2, -0.15) is 0 Å². The molecule has 1 saturated heterocycles. The van der Waals surface area contributed by atoms with Crippen LogP contribution in [-0.4, -0.2) is 24.0 Å². The summed E-state index contributed by atoms with van der Waals surface area (Å²) in [6.45, 7) is 12.1. The number of hydrogen-bond acceptors (Lipinski definition) is 1. The van der Waals surface area contributed by atoms with Crippen molar-refractivity contribution in [2.24, 2.45) is 11.8 Å². The van der Waals surface area contributed by atoms with Crippen LogP contribution in [0.25, 0.3) is 0 Å². The maximum absolute atomic E-state index is 2.71. The van der Waals surface area contributed by atoms with E-state index in [4.69, 9.17) is 0 Å². The standard InChI is InChI=1S/C12H25N/c1-5-12(10(2)3)13-8-6-7-11(4)9-13/h10-12H,5-9H2,1-4H3. The molecule has 78 valence electrons. The van der Waals surface area contributed by atoms with E-state index in [1.807, 2.05) is 0 Å². The predicted octanol–water partition coefficient (Wildman–Crippen LogP) is 3.15. The summed E-state index contributed by atoms with van der Waals surface area (Å²) >= 11 is 0. The van der Waals surface area contributed by atoms with Crippen LogP contribution in [0.5, 0.6) is 0 Å². The van der Waals surface area contributed by atoms with Crippen molar-refractivity contribution in [1.82, 2.24) is 4.90 Å². The lowest BCUT2D eigenvalue weighted by Crippen LogP contribution is -2.44. The molecule has 0 bridgehead atoms. The molecular formula is C12H25N. The summed E-state index contributed by atoms with van der Waals surface area (Å²) in [5.41, 5.74) is 0. The van der Waals surface area contributed by atoms with Crippen LogP contribution >= 0.6 is 0 Å². The lowest BCUT2D eigenvalue weighted by atomic mass is 9.93. The summed E-state index contributed by atoms with van der Waals surface area (Å²) in [5, 5.41) is 0. The van der Waals surface area contributed by atoms with Gasteiger partial charge in [0.1, 0.15) is 0 Å². The molecule has 1 aliphatic heterocycles. The largest absolute Gasteiger partial charge is 0.300 e. The summed E-state index contributed by atoms with van der Waals surface area (Å²) in [7, 11) is 0. The van der Waals surface area contributed by atoms with Crippen molar-refractivity contribution in [2.75, 3.05) is 13.1 Å². The lowest BCUT2D eigenvalue weighted by molar-refractivity contribution is 0.0983. The molecule has 0 saturated carbocycles. The molecule has 2 atom stereocenters. The van der Waals surface area contributed by atoms with Gasteiger partial charge < -0.3 is 0 Å². The van der Waals surface area contributed by atoms with Crippen LogP contribution in [0.3, 0.4) is 0 Å². The van der Waals surface area contributed by atoms with Gasteiger partial charge >= 0.3 is 0 Å². The van der Waals surface area contributed by atoms with E-state index in [0.29, 0.717) is 0 Å². The summed E-state index contributed by atoms with van der Waals surface area (Å²) in [6.07, 6.45) is 4.15. The van der Waals surface area contributed by atoms with Crippen LogP contribution < -0.4 is 0 Å². The fourth-order valence-electron chi connectivity index (χ4n) is 2.68. The highest BCUT2D eigenvalue weighted by atomic mass is 15.2. The third-order valence-corrected chi connectivity index (χ3v) is 3.35. The van der Waals surface area contributed by atoms with Gasteiger partial charge in [-0.1, -0.05) is 27.7 Å². The first-order valence-corrected chi connectivity index (χ1v) is 5.89. The Morgan fingerprint density at radius 1 is 1.38 bits per heavy atom. The minimum atomic E-state index is 0.815. The molecule has 1 aliphatic rings. The number of likely N-dealkylation sites (tertiary alicyclic amines) is 1. The van der Waals surface area contributed by atoms with Crippen molar-refractivity contribution < 1.29 is 0 Å². The Balaban J connectivity index is 2.47. The summed E-state index contributed by atoms with van der Waals surface area (Å²) in [4.78, 5) is 2.71. The smallest absolute Gasteiger partial charge is 0.0116 e. The Morgan fingerprint density at radius 3 is 2.54 bits per heavy atom. The molecule has 0 aromatic carbocycles. The number of rotatable bonds is 3. The summed E-state index contributed by atoms with van der Waals surface area (Å²) in [6, 6.07) is 0.822. The van der Waals surface area contributed by atoms with Crippen LogP contribution in [-0.2, 0) is 0 Å². The minimum Gasteiger partial charge on any atom is -0.300 e. The molecule has 0 spiro atoms. The van der Waals surface area contributed by atoms with Crippen LogP contribution in [0.15, 0.2) is 0 Å². The first-order valence-electron chi connectivity index (χ1n) is 5.89. The van der Waals surface area contributed by atoms with Crippen molar-refractivity contribution in [2.45, 2.75) is 53.0 Å². The topological polar surface area (TPSA) is 3.24 Å². The van der Waals surface area contributed by atoms with E-state index in [9.17, 15) is 0 Å². The maximum atomic E-state index is 2.71. The predicted molar refractivity (Wildman–Crippen MR) is 58.9 cm³/mol. The zero-order valence-electron chi connectivity index (χ0n) is 9.71. The molecule has 1 fully saturated rings. The Labute approximate surface area is 83.5 Å². The van der Waals surface area contributed by atoms with E-state index in [1.165, 1.54) is 32.4 Å². The zero-order valence-corrected chi connectivity index (χ0v) is 9.71. The highest BCUT2D eigenvalue weighted by Gasteiger charge is 2.24. The molecular weight excluding hydrogens is 158 g/mol. The van der Waals surface area contributed by atoms with Crippen molar-refractivity contribution in [1.29, 1.82) is 0 Å². The molecule has 0 radical (unpaired) electrons. The van der Waals surface area contributed by atoms with Gasteiger partial charge in [0.25, 0.3) is 0 Å². The molecule has 2 unspecified atom stereocenters. The normalized spacial score (nSPS) is 27.9. The molecule has 0 aromatic heterocycles. The van der Waals surface area contributed by atoms with Crippen molar-refractivity contribution in [3.05, 3.63) is 0 Å². The number of piperidine rings is 1. The van der Waals surface area contributed by atoms with Crippen LogP contribution in [0.2, 0.25) is 0 Å². The Hall–Kier alpha value is -0.0400. The van der Waals surface area contributed by atoms with Gasteiger partial charge in [0, 0.05) is 12.6 Å². The molecule has 0 aromatic rings. The van der Waals surface area contributed by atoms with E-state index < -0.39 is 0 Å². The van der Waals surface area contributed by atoms with Gasteiger partial charge in [-0.05, 0) is 37.6 Å². The summed E-state index contributed by atoms with van der Waals surface area (Å²) < 4.78 is 0. The zero-order chi connectivity index (χ0) is 9.84. The first-order chi connectivity index (χ1) is 6.15. The van der Waals surface area contributed by atoms with E-state index in [1.54, 1.807) is 0 Å². The molecule has 0 aliphatic carbocycles. The molecule has 1 nitrogen and oxygen atoms in total. The average molecular weight is 183 g/mol. The van der Waals surface area contributed by atoms with Crippen molar-refractivity contribution in [3.8, 4) is 0 Å². The second-order valence-electron chi connectivity index (χ2n) is 4.96. The Bertz CT molecular complexity index is 142. The van der Waals surface area contributed by atoms with Crippen molar-refractivity contribution in [3.63, 3.8) is 0 Å². The Morgan fingerprint density at radius 2 is 2.08 bits per heavy atom. The minimum absolute atomic E-state index is 0.815. The first kappa shape index (κ1) is 11.0. The van der Waals surface area contributed by atoms with Gasteiger partial charge in [-0.15, -0.1) is 0 Å². The van der Waals surface area contributed by atoms with E-state index in [2.05, 4.69) is 32.6 Å². The maximum Gasteiger partial charge on any atom is 0.0116 e. The van der Waals surface area contributed by atoms with Gasteiger partial charge in [0.2, 0.25) is 0 Å². The third kappa shape index (κ3) is 2.98. The fourth-order valence-corrected chi connectivity index (χ4v) is 2.68. The molecule has 0 N–H and O–H groups in total.